The van der Waals surface area contributed by atoms with Crippen molar-refractivity contribution in [3.8, 4) is 0 Å². The van der Waals surface area contributed by atoms with Gasteiger partial charge in [0.15, 0.2) is 0 Å². The maximum absolute atomic E-state index is 5.28. The van der Waals surface area contributed by atoms with Crippen LogP contribution in [-0.4, -0.2) is 38.7 Å². The van der Waals surface area contributed by atoms with E-state index in [2.05, 4.69) is 10.5 Å². The molecule has 0 aromatic carbocycles. The summed E-state index contributed by atoms with van der Waals surface area (Å²) in [4.78, 5) is 4.95. The molecular weight excluding hydrogens is 170 g/mol. The highest BCUT2D eigenvalue weighted by Gasteiger charge is 1.89. The quantitative estimate of drug-likeness (QED) is 0.254. The molecule has 0 aromatic rings. The van der Waals surface area contributed by atoms with Gasteiger partial charge in [-0.2, -0.15) is 0 Å². The predicted molar refractivity (Wildman–Crippen MR) is 52.6 cm³/mol. The van der Waals surface area contributed by atoms with E-state index in [1.807, 2.05) is 6.92 Å². The van der Waals surface area contributed by atoms with Crippen LogP contribution in [0.25, 0.3) is 0 Å². The van der Waals surface area contributed by atoms with Gasteiger partial charge >= 0.3 is 0 Å². The maximum atomic E-state index is 5.28. The van der Waals surface area contributed by atoms with Gasteiger partial charge in [-0.1, -0.05) is 5.16 Å². The zero-order valence-corrected chi connectivity index (χ0v) is 8.38. The Kier molecular flexibility index (Phi) is 8.70. The van der Waals surface area contributed by atoms with Crippen molar-refractivity contribution in [2.75, 3.05) is 32.8 Å². The molecule has 0 unspecified atom stereocenters. The minimum Gasteiger partial charge on any atom is -0.479 e. The molecular formula is C8H19N3O2. The van der Waals surface area contributed by atoms with E-state index in [9.17, 15) is 0 Å². The Balaban J connectivity index is 3.18. The van der Waals surface area contributed by atoms with Crippen LogP contribution in [-0.2, 0) is 9.57 Å². The smallest absolute Gasteiger partial charge is 0.222 e. The molecule has 0 aliphatic rings. The highest BCUT2D eigenvalue weighted by molar-refractivity contribution is 5.72. The second-order valence-electron chi connectivity index (χ2n) is 2.42. The van der Waals surface area contributed by atoms with Gasteiger partial charge < -0.3 is 20.6 Å². The number of nitrogens with one attached hydrogen (secondary N) is 1. The summed E-state index contributed by atoms with van der Waals surface area (Å²) >= 11 is 0. The van der Waals surface area contributed by atoms with Crippen molar-refractivity contribution in [2.24, 2.45) is 10.9 Å². The number of hydrogen-bond acceptors (Lipinski definition) is 5. The van der Waals surface area contributed by atoms with Crippen LogP contribution in [0.5, 0.6) is 0 Å². The molecule has 0 fully saturated rings. The first-order valence-corrected chi connectivity index (χ1v) is 4.51. The van der Waals surface area contributed by atoms with E-state index in [1.54, 1.807) is 6.92 Å². The van der Waals surface area contributed by atoms with E-state index < -0.39 is 0 Å². The number of oxime groups is 1. The average Bonchev–Trinajstić information content (AvgIpc) is 2.11. The van der Waals surface area contributed by atoms with Crippen LogP contribution in [0.4, 0.5) is 0 Å². The summed E-state index contributed by atoms with van der Waals surface area (Å²) in [5.41, 5.74) is 5.28. The first-order valence-electron chi connectivity index (χ1n) is 4.51. The molecule has 0 heterocycles. The minimum atomic E-state index is 0.532. The van der Waals surface area contributed by atoms with E-state index in [1.165, 1.54) is 0 Å². The topological polar surface area (TPSA) is 68.9 Å². The summed E-state index contributed by atoms with van der Waals surface area (Å²) in [6.45, 7) is 7.01. The fourth-order valence-corrected chi connectivity index (χ4v) is 0.717. The van der Waals surface area contributed by atoms with Crippen molar-refractivity contribution in [1.29, 1.82) is 0 Å². The van der Waals surface area contributed by atoms with Crippen molar-refractivity contribution in [1.82, 2.24) is 5.32 Å². The third-order valence-electron chi connectivity index (χ3n) is 1.24. The molecule has 0 saturated carbocycles. The summed E-state index contributed by atoms with van der Waals surface area (Å²) in [7, 11) is 0. The zero-order valence-electron chi connectivity index (χ0n) is 8.38. The summed E-state index contributed by atoms with van der Waals surface area (Å²) < 4.78 is 5.05. The molecule has 0 aliphatic heterocycles. The highest BCUT2D eigenvalue weighted by atomic mass is 16.6. The van der Waals surface area contributed by atoms with Crippen LogP contribution in [0.2, 0.25) is 0 Å². The molecule has 78 valence electrons. The SMILES string of the molecule is CCO/C(C)=N/OCCNCCN. The van der Waals surface area contributed by atoms with E-state index in [4.69, 9.17) is 15.3 Å². The predicted octanol–water partition coefficient (Wildman–Crippen LogP) is -0.0788. The lowest BCUT2D eigenvalue weighted by Gasteiger charge is -2.03. The van der Waals surface area contributed by atoms with Gasteiger partial charge in [-0.25, -0.2) is 0 Å². The number of hydrogen-bond donors (Lipinski definition) is 2. The van der Waals surface area contributed by atoms with Crippen molar-refractivity contribution >= 4 is 5.90 Å². The van der Waals surface area contributed by atoms with Crippen LogP contribution < -0.4 is 11.1 Å². The normalized spacial score (nSPS) is 11.5. The minimum absolute atomic E-state index is 0.532. The Morgan fingerprint density at radius 2 is 2.23 bits per heavy atom. The van der Waals surface area contributed by atoms with Crippen molar-refractivity contribution < 1.29 is 9.57 Å². The van der Waals surface area contributed by atoms with E-state index >= 15 is 0 Å². The van der Waals surface area contributed by atoms with Gasteiger partial charge in [0.2, 0.25) is 5.90 Å². The maximum Gasteiger partial charge on any atom is 0.222 e. The number of ether oxygens (including phenoxy) is 1. The van der Waals surface area contributed by atoms with Crippen LogP contribution in [0.1, 0.15) is 13.8 Å². The molecule has 0 radical (unpaired) electrons. The molecule has 0 saturated heterocycles. The standard InChI is InChI=1S/C8H19N3O2/c1-3-12-8(2)11-13-7-6-10-5-4-9/h10H,3-7,9H2,1-2H3/b11-8+. The Bertz CT molecular complexity index is 139. The van der Waals surface area contributed by atoms with Crippen LogP contribution >= 0.6 is 0 Å². The van der Waals surface area contributed by atoms with E-state index in [0.29, 0.717) is 25.7 Å². The third kappa shape index (κ3) is 9.10. The Hall–Kier alpha value is -0.810. The number of rotatable bonds is 7. The second kappa shape index (κ2) is 9.28. The summed E-state index contributed by atoms with van der Waals surface area (Å²) in [6.07, 6.45) is 0. The highest BCUT2D eigenvalue weighted by Crippen LogP contribution is 1.83. The first-order chi connectivity index (χ1) is 6.31. The lowest BCUT2D eigenvalue weighted by molar-refractivity contribution is 0.134. The van der Waals surface area contributed by atoms with Crippen LogP contribution in [0.3, 0.4) is 0 Å². The number of nitrogens with two attached hydrogens (primary N) is 1. The van der Waals surface area contributed by atoms with Gasteiger partial charge in [0.25, 0.3) is 0 Å². The van der Waals surface area contributed by atoms with Crippen molar-refractivity contribution in [2.45, 2.75) is 13.8 Å². The summed E-state index contributed by atoms with van der Waals surface area (Å²) in [6, 6.07) is 0. The third-order valence-corrected chi connectivity index (χ3v) is 1.24. The average molecular weight is 189 g/mol. The van der Waals surface area contributed by atoms with Crippen molar-refractivity contribution in [3.05, 3.63) is 0 Å². The molecule has 0 aliphatic carbocycles. The molecule has 0 amide bonds. The van der Waals surface area contributed by atoms with Gasteiger partial charge in [0.1, 0.15) is 6.61 Å². The monoisotopic (exact) mass is 189 g/mol. The van der Waals surface area contributed by atoms with E-state index in [0.717, 1.165) is 13.1 Å². The summed E-state index contributed by atoms with van der Waals surface area (Å²) in [5.74, 6) is 0.557. The Labute approximate surface area is 79.3 Å². The molecule has 0 spiro atoms. The Morgan fingerprint density at radius 3 is 2.85 bits per heavy atom. The van der Waals surface area contributed by atoms with Gasteiger partial charge in [0, 0.05) is 26.6 Å². The summed E-state index contributed by atoms with van der Waals surface area (Å²) in [5, 5.41) is 6.82. The van der Waals surface area contributed by atoms with Gasteiger partial charge in [-0.05, 0) is 6.92 Å². The second-order valence-corrected chi connectivity index (χ2v) is 2.42. The zero-order chi connectivity index (χ0) is 9.94. The molecule has 5 nitrogen and oxygen atoms in total. The molecule has 0 rings (SSSR count). The number of nitrogens with zero attached hydrogens (tertiary/aromatic N) is 1. The lowest BCUT2D eigenvalue weighted by Crippen LogP contribution is -2.25. The van der Waals surface area contributed by atoms with E-state index in [-0.39, 0.29) is 0 Å². The van der Waals surface area contributed by atoms with Crippen molar-refractivity contribution in [3.63, 3.8) is 0 Å². The molecule has 13 heavy (non-hydrogen) atoms. The largest absolute Gasteiger partial charge is 0.479 e. The fourth-order valence-electron chi connectivity index (χ4n) is 0.717. The first kappa shape index (κ1) is 12.2. The van der Waals surface area contributed by atoms with Gasteiger partial charge in [-0.15, -0.1) is 0 Å². The van der Waals surface area contributed by atoms with Gasteiger partial charge in [-0.3, -0.25) is 0 Å². The van der Waals surface area contributed by atoms with Crippen LogP contribution in [0.15, 0.2) is 5.16 Å². The molecule has 0 bridgehead atoms. The molecule has 3 N–H and O–H groups in total. The van der Waals surface area contributed by atoms with Gasteiger partial charge in [0.05, 0.1) is 6.61 Å². The Morgan fingerprint density at radius 1 is 1.46 bits per heavy atom. The lowest BCUT2D eigenvalue weighted by atomic mass is 10.6. The fraction of sp³-hybridized carbons (Fsp3) is 0.875. The van der Waals surface area contributed by atoms with Crippen LogP contribution in [0, 0.1) is 0 Å². The molecule has 0 aromatic heterocycles. The molecule has 5 heteroatoms. The molecule has 0 atom stereocenters.